The van der Waals surface area contributed by atoms with E-state index >= 15 is 0 Å². The normalized spacial score (nSPS) is 12.2. The number of carbonyl (C=O) groups is 1. The Bertz CT molecular complexity index is 617. The largest absolute Gasteiger partial charge is 0.497 e. The SMILES string of the molecule is COc1ccc([C@@H](CNC(=O)c2cccn2C)N(C)C)cc1. The minimum absolute atomic E-state index is 0.0622. The van der Waals surface area contributed by atoms with Crippen LogP contribution in [-0.4, -0.2) is 43.1 Å². The number of nitrogens with one attached hydrogen (secondary N) is 1. The lowest BCUT2D eigenvalue weighted by Gasteiger charge is -2.25. The van der Waals surface area contributed by atoms with E-state index in [1.807, 2.05) is 68.3 Å². The monoisotopic (exact) mass is 301 g/mol. The first-order valence-corrected chi connectivity index (χ1v) is 7.23. The van der Waals surface area contributed by atoms with Crippen molar-refractivity contribution < 1.29 is 9.53 Å². The lowest BCUT2D eigenvalue weighted by atomic mass is 10.1. The Labute approximate surface area is 131 Å². The van der Waals surface area contributed by atoms with Crippen LogP contribution in [0.25, 0.3) is 0 Å². The number of rotatable bonds is 6. The van der Waals surface area contributed by atoms with E-state index in [0.717, 1.165) is 11.3 Å². The molecule has 0 bridgehead atoms. The molecule has 0 saturated heterocycles. The first-order valence-electron chi connectivity index (χ1n) is 7.23. The summed E-state index contributed by atoms with van der Waals surface area (Å²) in [6.07, 6.45) is 1.86. The van der Waals surface area contributed by atoms with Gasteiger partial charge in [-0.15, -0.1) is 0 Å². The lowest BCUT2D eigenvalue weighted by Crippen LogP contribution is -2.35. The van der Waals surface area contributed by atoms with E-state index < -0.39 is 0 Å². The number of nitrogens with zero attached hydrogens (tertiary/aromatic N) is 2. The first kappa shape index (κ1) is 16.1. The van der Waals surface area contributed by atoms with Crippen LogP contribution in [0.3, 0.4) is 0 Å². The second-order valence-corrected chi connectivity index (χ2v) is 5.47. The molecular weight excluding hydrogens is 278 g/mol. The molecule has 0 spiro atoms. The average molecular weight is 301 g/mol. The van der Waals surface area contributed by atoms with E-state index in [2.05, 4.69) is 10.2 Å². The molecule has 22 heavy (non-hydrogen) atoms. The zero-order valence-electron chi connectivity index (χ0n) is 13.5. The van der Waals surface area contributed by atoms with Crippen LogP contribution >= 0.6 is 0 Å². The summed E-state index contributed by atoms with van der Waals surface area (Å²) < 4.78 is 7.00. The van der Waals surface area contributed by atoms with Gasteiger partial charge in [0.1, 0.15) is 11.4 Å². The summed E-state index contributed by atoms with van der Waals surface area (Å²) in [5.41, 5.74) is 1.80. The van der Waals surface area contributed by atoms with E-state index in [1.54, 1.807) is 7.11 Å². The predicted octanol–water partition coefficient (Wildman–Crippen LogP) is 2.07. The van der Waals surface area contributed by atoms with Gasteiger partial charge in [0.05, 0.1) is 13.2 Å². The second kappa shape index (κ2) is 7.13. The average Bonchev–Trinajstić information content (AvgIpc) is 2.94. The number of likely N-dealkylation sites (N-methyl/N-ethyl adjacent to an activating group) is 1. The van der Waals surface area contributed by atoms with Crippen molar-refractivity contribution in [2.75, 3.05) is 27.7 Å². The minimum atomic E-state index is -0.0622. The Morgan fingerprint density at radius 3 is 2.45 bits per heavy atom. The smallest absolute Gasteiger partial charge is 0.267 e. The van der Waals surface area contributed by atoms with Crippen LogP contribution in [0.5, 0.6) is 5.75 Å². The Morgan fingerprint density at radius 2 is 1.95 bits per heavy atom. The van der Waals surface area contributed by atoms with Crippen molar-refractivity contribution in [1.82, 2.24) is 14.8 Å². The molecule has 1 aromatic heterocycles. The number of benzene rings is 1. The highest BCUT2D eigenvalue weighted by molar-refractivity contribution is 5.92. The molecule has 0 saturated carbocycles. The zero-order valence-corrected chi connectivity index (χ0v) is 13.5. The number of ether oxygens (including phenoxy) is 1. The third kappa shape index (κ3) is 3.68. The van der Waals surface area contributed by atoms with Crippen LogP contribution < -0.4 is 10.1 Å². The van der Waals surface area contributed by atoms with Crippen molar-refractivity contribution in [1.29, 1.82) is 0 Å². The van der Waals surface area contributed by atoms with Gasteiger partial charge >= 0.3 is 0 Å². The second-order valence-electron chi connectivity index (χ2n) is 5.47. The maximum atomic E-state index is 12.2. The molecule has 1 atom stereocenters. The molecule has 5 heteroatoms. The van der Waals surface area contributed by atoms with E-state index in [4.69, 9.17) is 4.74 Å². The van der Waals surface area contributed by atoms with Crippen LogP contribution in [0, 0.1) is 0 Å². The van der Waals surface area contributed by atoms with E-state index in [-0.39, 0.29) is 11.9 Å². The maximum Gasteiger partial charge on any atom is 0.267 e. The van der Waals surface area contributed by atoms with Crippen molar-refractivity contribution in [2.45, 2.75) is 6.04 Å². The van der Waals surface area contributed by atoms with Gasteiger partial charge in [-0.2, -0.15) is 0 Å². The van der Waals surface area contributed by atoms with Crippen LogP contribution in [0.4, 0.5) is 0 Å². The summed E-state index contributed by atoms with van der Waals surface area (Å²) in [6, 6.07) is 11.7. The van der Waals surface area contributed by atoms with Crippen molar-refractivity contribution in [3.63, 3.8) is 0 Å². The topological polar surface area (TPSA) is 46.5 Å². The number of amides is 1. The summed E-state index contributed by atoms with van der Waals surface area (Å²) in [5.74, 6) is 0.766. The van der Waals surface area contributed by atoms with Crippen molar-refractivity contribution >= 4 is 5.91 Å². The molecule has 5 nitrogen and oxygen atoms in total. The van der Waals surface area contributed by atoms with Crippen LogP contribution in [0.2, 0.25) is 0 Å². The summed E-state index contributed by atoms with van der Waals surface area (Å²) in [6.45, 7) is 0.545. The molecular formula is C17H23N3O2. The van der Waals surface area contributed by atoms with Gasteiger partial charge in [-0.3, -0.25) is 4.79 Å². The fourth-order valence-corrected chi connectivity index (χ4v) is 2.40. The molecule has 1 amide bonds. The molecule has 1 heterocycles. The third-order valence-electron chi connectivity index (χ3n) is 3.76. The van der Waals surface area contributed by atoms with Gasteiger partial charge in [0, 0.05) is 19.8 Å². The van der Waals surface area contributed by atoms with Crippen LogP contribution in [-0.2, 0) is 7.05 Å². The summed E-state index contributed by atoms with van der Waals surface area (Å²) in [5, 5.41) is 3.00. The first-order chi connectivity index (χ1) is 10.5. The van der Waals surface area contributed by atoms with E-state index in [0.29, 0.717) is 12.2 Å². The summed E-state index contributed by atoms with van der Waals surface area (Å²) in [7, 11) is 7.52. The maximum absolute atomic E-state index is 12.2. The Hall–Kier alpha value is -2.27. The molecule has 2 rings (SSSR count). The van der Waals surface area contributed by atoms with Crippen molar-refractivity contribution in [3.8, 4) is 5.75 Å². The quantitative estimate of drug-likeness (QED) is 0.888. The van der Waals surface area contributed by atoms with Gasteiger partial charge in [0.15, 0.2) is 0 Å². The van der Waals surface area contributed by atoms with Gasteiger partial charge in [-0.1, -0.05) is 12.1 Å². The number of carbonyl (C=O) groups excluding carboxylic acids is 1. The third-order valence-corrected chi connectivity index (χ3v) is 3.76. The zero-order chi connectivity index (χ0) is 16.1. The minimum Gasteiger partial charge on any atom is -0.497 e. The molecule has 1 aromatic carbocycles. The highest BCUT2D eigenvalue weighted by Crippen LogP contribution is 2.20. The van der Waals surface area contributed by atoms with Crippen molar-refractivity contribution in [2.24, 2.45) is 7.05 Å². The lowest BCUT2D eigenvalue weighted by molar-refractivity contribution is 0.0934. The van der Waals surface area contributed by atoms with Gasteiger partial charge in [-0.25, -0.2) is 0 Å². The Kier molecular flexibility index (Phi) is 5.22. The molecule has 1 N–H and O–H groups in total. The Balaban J connectivity index is 2.05. The molecule has 2 aromatic rings. The van der Waals surface area contributed by atoms with Gasteiger partial charge < -0.3 is 19.5 Å². The molecule has 0 aliphatic carbocycles. The molecule has 0 fully saturated rings. The molecule has 0 aliphatic rings. The summed E-state index contributed by atoms with van der Waals surface area (Å²) >= 11 is 0. The molecule has 0 radical (unpaired) electrons. The number of aromatic nitrogens is 1. The molecule has 0 aliphatic heterocycles. The molecule has 0 unspecified atom stereocenters. The highest BCUT2D eigenvalue weighted by Gasteiger charge is 2.16. The number of aryl methyl sites for hydroxylation is 1. The number of hydrogen-bond acceptors (Lipinski definition) is 3. The Morgan fingerprint density at radius 1 is 1.27 bits per heavy atom. The van der Waals surface area contributed by atoms with Gasteiger partial charge in [-0.05, 0) is 43.9 Å². The summed E-state index contributed by atoms with van der Waals surface area (Å²) in [4.78, 5) is 14.3. The fraction of sp³-hybridized carbons (Fsp3) is 0.353. The van der Waals surface area contributed by atoms with E-state index in [9.17, 15) is 4.79 Å². The van der Waals surface area contributed by atoms with Gasteiger partial charge in [0.25, 0.3) is 5.91 Å². The number of methoxy groups -OCH3 is 1. The predicted molar refractivity (Wildman–Crippen MR) is 87.2 cm³/mol. The highest BCUT2D eigenvalue weighted by atomic mass is 16.5. The van der Waals surface area contributed by atoms with Crippen molar-refractivity contribution in [3.05, 3.63) is 53.9 Å². The van der Waals surface area contributed by atoms with Gasteiger partial charge in [0.2, 0.25) is 0 Å². The van der Waals surface area contributed by atoms with Crippen LogP contribution in [0.15, 0.2) is 42.6 Å². The van der Waals surface area contributed by atoms with Crippen LogP contribution in [0.1, 0.15) is 22.1 Å². The van der Waals surface area contributed by atoms with E-state index in [1.165, 1.54) is 0 Å². The fourth-order valence-electron chi connectivity index (χ4n) is 2.40. The molecule has 118 valence electrons. The number of hydrogen-bond donors (Lipinski definition) is 1. The standard InChI is InChI=1S/C17H23N3O2/c1-19(2)16(13-7-9-14(22-4)10-8-13)12-18-17(21)15-6-5-11-20(15)3/h5-11,16H,12H2,1-4H3,(H,18,21)/t16-/m1/s1.